The van der Waals surface area contributed by atoms with Crippen LogP contribution in [0, 0.1) is 6.92 Å². The van der Waals surface area contributed by atoms with E-state index in [4.69, 9.17) is 15.8 Å². The number of rotatable bonds is 7. The normalized spacial score (nSPS) is 11.7. The quantitative estimate of drug-likeness (QED) is 0.795. The van der Waals surface area contributed by atoms with Crippen LogP contribution in [-0.4, -0.2) is 46.3 Å². The Morgan fingerprint density at radius 3 is 2.90 bits per heavy atom. The molecule has 2 rings (SSSR count). The number of imidazole rings is 1. The topological polar surface area (TPSA) is 67.3 Å². The van der Waals surface area contributed by atoms with E-state index in [2.05, 4.69) is 34.6 Å². The van der Waals surface area contributed by atoms with Gasteiger partial charge in [0.25, 0.3) is 0 Å². The summed E-state index contributed by atoms with van der Waals surface area (Å²) in [6.45, 7) is 5.20. The second-order valence-electron chi connectivity index (χ2n) is 5.28. The molecule has 0 atom stereocenters. The van der Waals surface area contributed by atoms with E-state index in [1.807, 2.05) is 7.05 Å². The average Bonchev–Trinajstić information content (AvgIpc) is 2.73. The van der Waals surface area contributed by atoms with Crippen molar-refractivity contribution in [2.75, 3.05) is 26.7 Å². The molecule has 5 nitrogen and oxygen atoms in total. The lowest BCUT2D eigenvalue weighted by Crippen LogP contribution is -2.24. The van der Waals surface area contributed by atoms with Crippen molar-refractivity contribution in [2.24, 2.45) is 5.73 Å². The highest BCUT2D eigenvalue weighted by atomic mass is 16.3. The zero-order valence-corrected chi connectivity index (χ0v) is 12.3. The van der Waals surface area contributed by atoms with E-state index in [-0.39, 0.29) is 6.61 Å². The lowest BCUT2D eigenvalue weighted by atomic mass is 10.2. The minimum atomic E-state index is 0.165. The molecule has 110 valence electrons. The van der Waals surface area contributed by atoms with Crippen molar-refractivity contribution in [3.8, 4) is 0 Å². The van der Waals surface area contributed by atoms with Crippen LogP contribution in [0.25, 0.3) is 11.0 Å². The monoisotopic (exact) mass is 276 g/mol. The third-order valence-corrected chi connectivity index (χ3v) is 3.46. The Bertz CT molecular complexity index is 564. The first-order chi connectivity index (χ1) is 9.65. The lowest BCUT2D eigenvalue weighted by Gasteiger charge is -2.16. The summed E-state index contributed by atoms with van der Waals surface area (Å²) in [4.78, 5) is 6.82. The molecule has 0 bridgehead atoms. The molecular formula is C15H24N4O. The van der Waals surface area contributed by atoms with Gasteiger partial charge in [0.15, 0.2) is 0 Å². The number of aliphatic hydroxyl groups excluding tert-OH is 1. The smallest absolute Gasteiger partial charge is 0.124 e. The van der Waals surface area contributed by atoms with Gasteiger partial charge in [0.1, 0.15) is 5.82 Å². The highest BCUT2D eigenvalue weighted by Gasteiger charge is 2.12. The van der Waals surface area contributed by atoms with Crippen LogP contribution in [0.3, 0.4) is 0 Å². The number of benzene rings is 1. The van der Waals surface area contributed by atoms with Crippen LogP contribution in [0.15, 0.2) is 18.2 Å². The third-order valence-electron chi connectivity index (χ3n) is 3.46. The van der Waals surface area contributed by atoms with Crippen LogP contribution < -0.4 is 5.73 Å². The first kappa shape index (κ1) is 15.0. The number of fused-ring (bicyclic) bond motifs is 1. The van der Waals surface area contributed by atoms with Gasteiger partial charge in [-0.2, -0.15) is 0 Å². The molecule has 1 aromatic carbocycles. The molecular weight excluding hydrogens is 252 g/mol. The Kier molecular flexibility index (Phi) is 5.11. The van der Waals surface area contributed by atoms with Gasteiger partial charge in [-0.25, -0.2) is 4.98 Å². The molecule has 0 spiro atoms. The molecule has 1 aromatic heterocycles. The van der Waals surface area contributed by atoms with Crippen LogP contribution in [-0.2, 0) is 13.1 Å². The van der Waals surface area contributed by atoms with E-state index >= 15 is 0 Å². The molecule has 0 unspecified atom stereocenters. The number of aliphatic hydroxyl groups is 1. The summed E-state index contributed by atoms with van der Waals surface area (Å²) in [7, 11) is 1.99. The summed E-state index contributed by atoms with van der Waals surface area (Å²) < 4.78 is 2.25. The number of likely N-dealkylation sites (N-methyl/N-ethyl adjacent to an activating group) is 1. The van der Waals surface area contributed by atoms with E-state index in [1.165, 1.54) is 5.56 Å². The van der Waals surface area contributed by atoms with E-state index in [9.17, 15) is 0 Å². The Balaban J connectivity index is 2.34. The van der Waals surface area contributed by atoms with Crippen LogP contribution in [0.4, 0.5) is 0 Å². The van der Waals surface area contributed by atoms with Gasteiger partial charge in [-0.15, -0.1) is 0 Å². The molecule has 1 heterocycles. The number of hydrogen-bond donors (Lipinski definition) is 2. The van der Waals surface area contributed by atoms with Crippen molar-refractivity contribution in [1.82, 2.24) is 14.5 Å². The summed E-state index contributed by atoms with van der Waals surface area (Å²) in [5.41, 5.74) is 9.05. The van der Waals surface area contributed by atoms with E-state index < -0.39 is 0 Å². The Morgan fingerprint density at radius 2 is 2.20 bits per heavy atom. The van der Waals surface area contributed by atoms with Crippen molar-refractivity contribution in [3.63, 3.8) is 0 Å². The molecule has 0 aliphatic heterocycles. The van der Waals surface area contributed by atoms with Gasteiger partial charge in [0.05, 0.1) is 24.2 Å². The average molecular weight is 276 g/mol. The Labute approximate surface area is 120 Å². The van der Waals surface area contributed by atoms with Gasteiger partial charge in [0.2, 0.25) is 0 Å². The molecule has 0 radical (unpaired) electrons. The maximum atomic E-state index is 9.02. The van der Waals surface area contributed by atoms with Gasteiger partial charge in [-0.1, -0.05) is 6.07 Å². The Hall–Kier alpha value is -1.43. The molecule has 0 amide bonds. The largest absolute Gasteiger partial charge is 0.395 e. The SMILES string of the molecule is Cc1ccc2c(c1)nc(CN(C)CCO)n2CCCN. The van der Waals surface area contributed by atoms with E-state index in [1.54, 1.807) is 0 Å². The highest BCUT2D eigenvalue weighted by Crippen LogP contribution is 2.19. The van der Waals surface area contributed by atoms with E-state index in [0.717, 1.165) is 36.4 Å². The van der Waals surface area contributed by atoms with Gasteiger partial charge in [-0.3, -0.25) is 4.90 Å². The van der Waals surface area contributed by atoms with Crippen molar-refractivity contribution in [1.29, 1.82) is 0 Å². The lowest BCUT2D eigenvalue weighted by molar-refractivity contribution is 0.213. The predicted octanol–water partition coefficient (Wildman–Crippen LogP) is 1.12. The number of hydrogen-bond acceptors (Lipinski definition) is 4. The molecule has 0 saturated carbocycles. The second-order valence-corrected chi connectivity index (χ2v) is 5.28. The summed E-state index contributed by atoms with van der Waals surface area (Å²) in [6.07, 6.45) is 0.941. The molecule has 5 heteroatoms. The minimum Gasteiger partial charge on any atom is -0.395 e. The maximum Gasteiger partial charge on any atom is 0.124 e. The van der Waals surface area contributed by atoms with Crippen molar-refractivity contribution in [2.45, 2.75) is 26.4 Å². The molecule has 2 aromatic rings. The Morgan fingerprint density at radius 1 is 1.40 bits per heavy atom. The van der Waals surface area contributed by atoms with E-state index in [0.29, 0.717) is 13.1 Å². The first-order valence-corrected chi connectivity index (χ1v) is 7.11. The van der Waals surface area contributed by atoms with Crippen LogP contribution in [0.5, 0.6) is 0 Å². The molecule has 0 saturated heterocycles. The van der Waals surface area contributed by atoms with Gasteiger partial charge >= 0.3 is 0 Å². The predicted molar refractivity (Wildman–Crippen MR) is 81.6 cm³/mol. The minimum absolute atomic E-state index is 0.165. The standard InChI is InChI=1S/C15H24N4O/c1-12-4-5-14-13(10-12)17-15(11-18(2)8-9-20)19(14)7-3-6-16/h4-5,10,20H,3,6-9,11,16H2,1-2H3. The highest BCUT2D eigenvalue weighted by molar-refractivity contribution is 5.76. The second kappa shape index (κ2) is 6.83. The van der Waals surface area contributed by atoms with Crippen molar-refractivity contribution < 1.29 is 5.11 Å². The van der Waals surface area contributed by atoms with Gasteiger partial charge in [-0.05, 0) is 44.6 Å². The molecule has 3 N–H and O–H groups in total. The van der Waals surface area contributed by atoms with Crippen molar-refractivity contribution in [3.05, 3.63) is 29.6 Å². The van der Waals surface area contributed by atoms with Crippen molar-refractivity contribution >= 4 is 11.0 Å². The number of nitrogens with zero attached hydrogens (tertiary/aromatic N) is 3. The van der Waals surface area contributed by atoms with Crippen LogP contribution in [0.1, 0.15) is 17.8 Å². The van der Waals surface area contributed by atoms with Crippen LogP contribution >= 0.6 is 0 Å². The fourth-order valence-corrected chi connectivity index (χ4v) is 2.40. The zero-order valence-electron chi connectivity index (χ0n) is 12.3. The summed E-state index contributed by atoms with van der Waals surface area (Å²) in [6, 6.07) is 6.36. The molecule has 20 heavy (non-hydrogen) atoms. The van der Waals surface area contributed by atoms with Crippen LogP contribution in [0.2, 0.25) is 0 Å². The summed E-state index contributed by atoms with van der Waals surface area (Å²) in [5.74, 6) is 1.04. The third kappa shape index (κ3) is 3.36. The van der Waals surface area contributed by atoms with Gasteiger partial charge in [0, 0.05) is 13.1 Å². The molecule has 0 aliphatic carbocycles. The number of nitrogens with two attached hydrogens (primary N) is 1. The zero-order chi connectivity index (χ0) is 14.5. The number of aryl methyl sites for hydroxylation is 2. The fourth-order valence-electron chi connectivity index (χ4n) is 2.40. The maximum absolute atomic E-state index is 9.02. The number of aromatic nitrogens is 2. The first-order valence-electron chi connectivity index (χ1n) is 7.11. The summed E-state index contributed by atoms with van der Waals surface area (Å²) >= 11 is 0. The fraction of sp³-hybridized carbons (Fsp3) is 0.533. The van der Waals surface area contributed by atoms with Gasteiger partial charge < -0.3 is 15.4 Å². The summed E-state index contributed by atoms with van der Waals surface area (Å²) in [5, 5.41) is 9.02. The molecule has 0 aliphatic rings. The molecule has 0 fully saturated rings.